The number of carbonyl (C=O) groups is 3. The molecule has 0 bridgehead atoms. The Morgan fingerprint density at radius 2 is 1.84 bits per heavy atom. The summed E-state index contributed by atoms with van der Waals surface area (Å²) in [5.74, 6) is -1.32. The highest BCUT2D eigenvalue weighted by molar-refractivity contribution is 5.97. The first-order valence-electron chi connectivity index (χ1n) is 7.92. The fraction of sp³-hybridized carbons (Fsp3) is 0.471. The van der Waals surface area contributed by atoms with Crippen LogP contribution in [0.15, 0.2) is 18.2 Å². The molecule has 2 amide bonds. The van der Waals surface area contributed by atoms with Crippen LogP contribution in [-0.2, 0) is 9.59 Å². The van der Waals surface area contributed by atoms with Crippen molar-refractivity contribution in [1.82, 2.24) is 10.6 Å². The van der Waals surface area contributed by atoms with Gasteiger partial charge in [0.1, 0.15) is 6.04 Å². The van der Waals surface area contributed by atoms with Crippen LogP contribution in [0.3, 0.4) is 0 Å². The molecule has 0 aliphatic carbocycles. The zero-order valence-corrected chi connectivity index (χ0v) is 14.8. The molecule has 0 fully saturated rings. The van der Waals surface area contributed by atoms with Crippen molar-refractivity contribution in [2.45, 2.75) is 39.3 Å². The van der Waals surface area contributed by atoms with Gasteiger partial charge in [-0.1, -0.05) is 6.92 Å². The second kappa shape index (κ2) is 9.51. The highest BCUT2D eigenvalue weighted by Crippen LogP contribution is 2.28. The van der Waals surface area contributed by atoms with E-state index in [0.29, 0.717) is 5.75 Å². The number of nitrogens with one attached hydrogen (secondary N) is 2. The molecule has 1 aromatic carbocycles. The molecule has 0 saturated heterocycles. The number of ether oxygens (including phenoxy) is 2. The highest BCUT2D eigenvalue weighted by Gasteiger charge is 2.19. The number of carbonyl (C=O) groups excluding carboxylic acids is 2. The minimum atomic E-state index is -1.10. The number of aliphatic carboxylic acids is 1. The molecule has 25 heavy (non-hydrogen) atoms. The first kappa shape index (κ1) is 20.3. The minimum Gasteiger partial charge on any atom is -0.493 e. The van der Waals surface area contributed by atoms with Gasteiger partial charge in [-0.05, 0) is 38.5 Å². The van der Waals surface area contributed by atoms with Crippen molar-refractivity contribution >= 4 is 17.8 Å². The maximum atomic E-state index is 12.2. The van der Waals surface area contributed by atoms with E-state index < -0.39 is 17.9 Å². The molecule has 1 aromatic rings. The van der Waals surface area contributed by atoms with Gasteiger partial charge < -0.3 is 25.2 Å². The molecule has 0 saturated carbocycles. The number of amides is 2. The summed E-state index contributed by atoms with van der Waals surface area (Å²) in [4.78, 5) is 34.8. The van der Waals surface area contributed by atoms with Crippen LogP contribution < -0.4 is 20.1 Å². The standard InChI is InChI=1S/C17H24N2O6/c1-5-12(17(22)23)19-16(21)11-6-7-13(14(8-11)24-4)25-9-15(20)18-10(2)3/h6-8,10,12H,5,9H2,1-4H3,(H,18,20)(H,19,21)(H,22,23). The lowest BCUT2D eigenvalue weighted by atomic mass is 10.1. The Balaban J connectivity index is 2.82. The predicted molar refractivity (Wildman–Crippen MR) is 90.9 cm³/mol. The second-order valence-corrected chi connectivity index (χ2v) is 5.65. The molecule has 3 N–H and O–H groups in total. The molecule has 8 nitrogen and oxygen atoms in total. The lowest BCUT2D eigenvalue weighted by Gasteiger charge is -2.15. The van der Waals surface area contributed by atoms with Gasteiger partial charge in [0.05, 0.1) is 7.11 Å². The van der Waals surface area contributed by atoms with Crippen LogP contribution in [0.1, 0.15) is 37.6 Å². The van der Waals surface area contributed by atoms with Gasteiger partial charge >= 0.3 is 5.97 Å². The molecule has 1 unspecified atom stereocenters. The Morgan fingerprint density at radius 3 is 2.36 bits per heavy atom. The summed E-state index contributed by atoms with van der Waals surface area (Å²) < 4.78 is 10.6. The lowest BCUT2D eigenvalue weighted by Crippen LogP contribution is -2.40. The van der Waals surface area contributed by atoms with E-state index in [1.54, 1.807) is 6.92 Å². The molecule has 1 atom stereocenters. The topological polar surface area (TPSA) is 114 Å². The maximum Gasteiger partial charge on any atom is 0.326 e. The summed E-state index contributed by atoms with van der Waals surface area (Å²) in [6.45, 7) is 5.16. The highest BCUT2D eigenvalue weighted by atomic mass is 16.5. The summed E-state index contributed by atoms with van der Waals surface area (Å²) in [7, 11) is 1.41. The molecular formula is C17H24N2O6. The van der Waals surface area contributed by atoms with Gasteiger partial charge in [-0.25, -0.2) is 4.79 Å². The minimum absolute atomic E-state index is 0.00446. The van der Waals surface area contributed by atoms with E-state index in [0.717, 1.165) is 0 Å². The predicted octanol–water partition coefficient (Wildman–Crippen LogP) is 1.19. The van der Waals surface area contributed by atoms with E-state index in [2.05, 4.69) is 10.6 Å². The van der Waals surface area contributed by atoms with E-state index >= 15 is 0 Å². The average molecular weight is 352 g/mol. The Morgan fingerprint density at radius 1 is 1.16 bits per heavy atom. The first-order valence-corrected chi connectivity index (χ1v) is 7.92. The van der Waals surface area contributed by atoms with Crippen LogP contribution in [0, 0.1) is 0 Å². The summed E-state index contributed by atoms with van der Waals surface area (Å²) >= 11 is 0. The number of carboxylic acids is 1. The van der Waals surface area contributed by atoms with Crippen molar-refractivity contribution in [3.05, 3.63) is 23.8 Å². The van der Waals surface area contributed by atoms with Crippen molar-refractivity contribution in [1.29, 1.82) is 0 Å². The van der Waals surface area contributed by atoms with E-state index in [-0.39, 0.29) is 36.3 Å². The normalized spacial score (nSPS) is 11.6. The van der Waals surface area contributed by atoms with Gasteiger partial charge in [0, 0.05) is 11.6 Å². The fourth-order valence-electron chi connectivity index (χ4n) is 2.02. The third-order valence-electron chi connectivity index (χ3n) is 3.25. The third kappa shape index (κ3) is 6.33. The van der Waals surface area contributed by atoms with Crippen LogP contribution in [-0.4, -0.2) is 48.7 Å². The Labute approximate surface area is 146 Å². The zero-order valence-electron chi connectivity index (χ0n) is 14.8. The van der Waals surface area contributed by atoms with Gasteiger partial charge in [-0.2, -0.15) is 0 Å². The summed E-state index contributed by atoms with van der Waals surface area (Å²) in [6.07, 6.45) is 0.268. The Bertz CT molecular complexity index is 630. The summed E-state index contributed by atoms with van der Waals surface area (Å²) in [5, 5.41) is 14.1. The number of hydrogen-bond donors (Lipinski definition) is 3. The van der Waals surface area contributed by atoms with Gasteiger partial charge in [0.15, 0.2) is 18.1 Å². The molecule has 0 aliphatic heterocycles. The number of hydrogen-bond acceptors (Lipinski definition) is 5. The van der Waals surface area contributed by atoms with Crippen LogP contribution in [0.5, 0.6) is 11.5 Å². The van der Waals surface area contributed by atoms with E-state index in [1.807, 2.05) is 13.8 Å². The zero-order chi connectivity index (χ0) is 19.0. The number of carboxylic acid groups (broad SMARTS) is 1. The summed E-state index contributed by atoms with van der Waals surface area (Å²) in [6, 6.07) is 3.44. The maximum absolute atomic E-state index is 12.2. The van der Waals surface area contributed by atoms with E-state index in [9.17, 15) is 14.4 Å². The van der Waals surface area contributed by atoms with Gasteiger partial charge in [-0.15, -0.1) is 0 Å². The van der Waals surface area contributed by atoms with E-state index in [4.69, 9.17) is 14.6 Å². The largest absolute Gasteiger partial charge is 0.493 e. The SMILES string of the molecule is CCC(NC(=O)c1ccc(OCC(=O)NC(C)C)c(OC)c1)C(=O)O. The first-order chi connectivity index (χ1) is 11.8. The second-order valence-electron chi connectivity index (χ2n) is 5.65. The van der Waals surface area contributed by atoms with Gasteiger partial charge in [0.2, 0.25) is 0 Å². The van der Waals surface area contributed by atoms with Crippen LogP contribution in [0.4, 0.5) is 0 Å². The van der Waals surface area contributed by atoms with Crippen molar-refractivity contribution < 1.29 is 29.0 Å². The number of rotatable bonds is 9. The van der Waals surface area contributed by atoms with Crippen molar-refractivity contribution in [3.63, 3.8) is 0 Å². The van der Waals surface area contributed by atoms with Crippen LogP contribution >= 0.6 is 0 Å². The van der Waals surface area contributed by atoms with Crippen molar-refractivity contribution in [3.8, 4) is 11.5 Å². The summed E-state index contributed by atoms with van der Waals surface area (Å²) in [5.41, 5.74) is 0.232. The third-order valence-corrected chi connectivity index (χ3v) is 3.25. The monoisotopic (exact) mass is 352 g/mol. The number of methoxy groups -OCH3 is 1. The van der Waals surface area contributed by atoms with Gasteiger partial charge in [-0.3, -0.25) is 9.59 Å². The van der Waals surface area contributed by atoms with Crippen LogP contribution in [0.25, 0.3) is 0 Å². The molecular weight excluding hydrogens is 328 g/mol. The molecule has 1 rings (SSSR count). The molecule has 0 aromatic heterocycles. The molecule has 0 radical (unpaired) electrons. The quantitative estimate of drug-likeness (QED) is 0.615. The van der Waals surface area contributed by atoms with Crippen LogP contribution in [0.2, 0.25) is 0 Å². The molecule has 8 heteroatoms. The fourth-order valence-corrected chi connectivity index (χ4v) is 2.02. The van der Waals surface area contributed by atoms with Crippen molar-refractivity contribution in [2.24, 2.45) is 0 Å². The van der Waals surface area contributed by atoms with Crippen molar-refractivity contribution in [2.75, 3.05) is 13.7 Å². The van der Waals surface area contributed by atoms with E-state index in [1.165, 1.54) is 25.3 Å². The smallest absolute Gasteiger partial charge is 0.326 e. The molecule has 138 valence electrons. The number of benzene rings is 1. The Kier molecular flexibility index (Phi) is 7.71. The lowest BCUT2D eigenvalue weighted by molar-refractivity contribution is -0.139. The molecule has 0 spiro atoms. The van der Waals surface area contributed by atoms with Gasteiger partial charge in [0.25, 0.3) is 11.8 Å². The molecule has 0 heterocycles. The average Bonchev–Trinajstić information content (AvgIpc) is 2.56. The Hall–Kier alpha value is -2.77. The molecule has 0 aliphatic rings.